The highest BCUT2D eigenvalue weighted by Crippen LogP contribution is 2.20. The van der Waals surface area contributed by atoms with Gasteiger partial charge in [0, 0.05) is 23.3 Å². The monoisotopic (exact) mass is 319 g/mol. The van der Waals surface area contributed by atoms with Crippen LogP contribution in [0, 0.1) is 20.8 Å². The Morgan fingerprint density at radius 2 is 1.83 bits per heavy atom. The number of pyridine rings is 1. The lowest BCUT2D eigenvalue weighted by molar-refractivity contribution is 0.0950. The van der Waals surface area contributed by atoms with E-state index in [0.717, 1.165) is 28.3 Å². The third-order valence-electron chi connectivity index (χ3n) is 4.22. The van der Waals surface area contributed by atoms with Crippen molar-refractivity contribution in [3.05, 3.63) is 82.9 Å². The van der Waals surface area contributed by atoms with Crippen molar-refractivity contribution in [1.82, 2.24) is 14.9 Å². The number of hydrogen-bond donors (Lipinski definition) is 1. The van der Waals surface area contributed by atoms with Gasteiger partial charge in [0.05, 0.1) is 17.8 Å². The van der Waals surface area contributed by atoms with Crippen molar-refractivity contribution >= 4 is 5.91 Å². The van der Waals surface area contributed by atoms with E-state index in [1.165, 1.54) is 0 Å². The van der Waals surface area contributed by atoms with Crippen LogP contribution in [-0.4, -0.2) is 15.5 Å². The molecule has 0 saturated heterocycles. The van der Waals surface area contributed by atoms with Crippen LogP contribution >= 0.6 is 0 Å². The fourth-order valence-electron chi connectivity index (χ4n) is 2.93. The van der Waals surface area contributed by atoms with Crippen LogP contribution in [0.2, 0.25) is 0 Å². The molecule has 3 aromatic rings. The molecule has 122 valence electrons. The SMILES string of the molecule is Cc1cccnc1CNC(=O)c1cc(C)n(-c2ccccc2)c1C. The predicted molar refractivity (Wildman–Crippen MR) is 95.4 cm³/mol. The van der Waals surface area contributed by atoms with E-state index < -0.39 is 0 Å². The minimum Gasteiger partial charge on any atom is -0.346 e. The number of para-hydroxylation sites is 1. The van der Waals surface area contributed by atoms with Crippen molar-refractivity contribution in [2.45, 2.75) is 27.3 Å². The van der Waals surface area contributed by atoms with Gasteiger partial charge in [0.1, 0.15) is 0 Å². The Kier molecular flexibility index (Phi) is 4.47. The topological polar surface area (TPSA) is 46.9 Å². The molecule has 0 spiro atoms. The fraction of sp³-hybridized carbons (Fsp3) is 0.200. The first kappa shape index (κ1) is 16.0. The number of hydrogen-bond acceptors (Lipinski definition) is 2. The van der Waals surface area contributed by atoms with Gasteiger partial charge in [0.2, 0.25) is 0 Å². The highest BCUT2D eigenvalue weighted by atomic mass is 16.1. The Bertz CT molecular complexity index is 866. The lowest BCUT2D eigenvalue weighted by Gasteiger charge is -2.10. The van der Waals surface area contributed by atoms with Gasteiger partial charge in [0.25, 0.3) is 5.91 Å². The summed E-state index contributed by atoms with van der Waals surface area (Å²) in [6.45, 7) is 6.41. The molecule has 0 aliphatic carbocycles. The Balaban J connectivity index is 1.83. The number of carbonyl (C=O) groups excluding carboxylic acids is 1. The summed E-state index contributed by atoms with van der Waals surface area (Å²) < 4.78 is 2.10. The van der Waals surface area contributed by atoms with Crippen LogP contribution in [0.25, 0.3) is 5.69 Å². The minimum absolute atomic E-state index is 0.0738. The van der Waals surface area contributed by atoms with Gasteiger partial charge in [0.15, 0.2) is 0 Å². The average molecular weight is 319 g/mol. The molecule has 0 atom stereocenters. The maximum Gasteiger partial charge on any atom is 0.253 e. The summed E-state index contributed by atoms with van der Waals surface area (Å²) in [4.78, 5) is 16.9. The van der Waals surface area contributed by atoms with Crippen molar-refractivity contribution < 1.29 is 4.79 Å². The van der Waals surface area contributed by atoms with E-state index in [4.69, 9.17) is 0 Å². The summed E-state index contributed by atoms with van der Waals surface area (Å²) in [5.41, 5.74) is 5.71. The van der Waals surface area contributed by atoms with Gasteiger partial charge in [-0.3, -0.25) is 9.78 Å². The molecule has 1 aromatic carbocycles. The minimum atomic E-state index is -0.0738. The van der Waals surface area contributed by atoms with Crippen LogP contribution in [-0.2, 0) is 6.54 Å². The normalized spacial score (nSPS) is 10.6. The average Bonchev–Trinajstić information content (AvgIpc) is 2.89. The Morgan fingerprint density at radius 3 is 2.54 bits per heavy atom. The molecule has 1 amide bonds. The quantitative estimate of drug-likeness (QED) is 0.796. The van der Waals surface area contributed by atoms with E-state index in [-0.39, 0.29) is 5.91 Å². The molecule has 0 fully saturated rings. The van der Waals surface area contributed by atoms with Crippen LogP contribution in [0.1, 0.15) is 33.0 Å². The van der Waals surface area contributed by atoms with Gasteiger partial charge in [-0.25, -0.2) is 0 Å². The van der Waals surface area contributed by atoms with E-state index in [9.17, 15) is 4.79 Å². The molecule has 0 unspecified atom stereocenters. The Hall–Kier alpha value is -2.88. The van der Waals surface area contributed by atoms with Crippen LogP contribution in [0.5, 0.6) is 0 Å². The molecule has 1 N–H and O–H groups in total. The summed E-state index contributed by atoms with van der Waals surface area (Å²) in [5, 5.41) is 2.97. The first-order chi connectivity index (χ1) is 11.6. The van der Waals surface area contributed by atoms with Gasteiger partial charge >= 0.3 is 0 Å². The summed E-state index contributed by atoms with van der Waals surface area (Å²) in [7, 11) is 0. The van der Waals surface area contributed by atoms with E-state index in [1.807, 2.05) is 69.3 Å². The molecule has 0 saturated carbocycles. The summed E-state index contributed by atoms with van der Waals surface area (Å²) in [5.74, 6) is -0.0738. The smallest absolute Gasteiger partial charge is 0.253 e. The molecule has 4 heteroatoms. The summed E-state index contributed by atoms with van der Waals surface area (Å²) >= 11 is 0. The third-order valence-corrected chi connectivity index (χ3v) is 4.22. The summed E-state index contributed by atoms with van der Waals surface area (Å²) in [6.07, 6.45) is 1.75. The molecular formula is C20H21N3O. The molecular weight excluding hydrogens is 298 g/mol. The standard InChI is InChI=1S/C20H21N3O/c1-14-8-7-11-21-19(14)13-22-20(24)18-12-15(2)23(16(18)3)17-9-5-4-6-10-17/h4-12H,13H2,1-3H3,(H,22,24). The fourth-order valence-corrected chi connectivity index (χ4v) is 2.93. The van der Waals surface area contributed by atoms with Gasteiger partial charge < -0.3 is 9.88 Å². The summed E-state index contributed by atoms with van der Waals surface area (Å²) in [6, 6.07) is 15.9. The molecule has 0 aliphatic heterocycles. The lowest BCUT2D eigenvalue weighted by atomic mass is 10.2. The molecule has 24 heavy (non-hydrogen) atoms. The van der Waals surface area contributed by atoms with Crippen LogP contribution < -0.4 is 5.32 Å². The zero-order valence-corrected chi connectivity index (χ0v) is 14.2. The number of carbonyl (C=O) groups is 1. The maximum atomic E-state index is 12.6. The van der Waals surface area contributed by atoms with Crippen LogP contribution in [0.4, 0.5) is 0 Å². The third kappa shape index (κ3) is 3.08. The van der Waals surface area contributed by atoms with Crippen LogP contribution in [0.3, 0.4) is 0 Å². The molecule has 0 aliphatic rings. The largest absolute Gasteiger partial charge is 0.346 e. The maximum absolute atomic E-state index is 12.6. The zero-order chi connectivity index (χ0) is 17.1. The van der Waals surface area contributed by atoms with E-state index in [0.29, 0.717) is 12.1 Å². The van der Waals surface area contributed by atoms with Gasteiger partial charge in [-0.2, -0.15) is 0 Å². The number of benzene rings is 1. The number of amides is 1. The number of nitrogens with one attached hydrogen (secondary N) is 1. The van der Waals surface area contributed by atoms with Crippen molar-refractivity contribution in [1.29, 1.82) is 0 Å². The number of rotatable bonds is 4. The van der Waals surface area contributed by atoms with Crippen molar-refractivity contribution in [2.24, 2.45) is 0 Å². The van der Waals surface area contributed by atoms with Gasteiger partial charge in [-0.15, -0.1) is 0 Å². The first-order valence-corrected chi connectivity index (χ1v) is 8.01. The molecule has 4 nitrogen and oxygen atoms in total. The number of aryl methyl sites for hydroxylation is 2. The molecule has 0 bridgehead atoms. The second-order valence-corrected chi connectivity index (χ2v) is 5.91. The lowest BCUT2D eigenvalue weighted by Crippen LogP contribution is -2.24. The van der Waals surface area contributed by atoms with Crippen molar-refractivity contribution in [3.8, 4) is 5.69 Å². The second kappa shape index (κ2) is 6.71. The van der Waals surface area contributed by atoms with Gasteiger partial charge in [-0.1, -0.05) is 24.3 Å². The van der Waals surface area contributed by atoms with Gasteiger partial charge in [-0.05, 0) is 50.6 Å². The van der Waals surface area contributed by atoms with Crippen LogP contribution in [0.15, 0.2) is 54.7 Å². The van der Waals surface area contributed by atoms with Crippen molar-refractivity contribution in [3.63, 3.8) is 0 Å². The highest BCUT2D eigenvalue weighted by molar-refractivity contribution is 5.95. The second-order valence-electron chi connectivity index (χ2n) is 5.91. The molecule has 0 radical (unpaired) electrons. The van der Waals surface area contributed by atoms with Crippen molar-refractivity contribution in [2.75, 3.05) is 0 Å². The number of aromatic nitrogens is 2. The Labute approximate surface area is 142 Å². The zero-order valence-electron chi connectivity index (χ0n) is 14.2. The predicted octanol–water partition coefficient (Wildman–Crippen LogP) is 3.73. The molecule has 2 heterocycles. The number of nitrogens with zero attached hydrogens (tertiary/aromatic N) is 2. The molecule has 3 rings (SSSR count). The first-order valence-electron chi connectivity index (χ1n) is 8.01. The van der Waals surface area contributed by atoms with E-state index in [1.54, 1.807) is 6.20 Å². The highest BCUT2D eigenvalue weighted by Gasteiger charge is 2.16. The van der Waals surface area contributed by atoms with E-state index in [2.05, 4.69) is 14.9 Å². The molecule has 2 aromatic heterocycles. The van der Waals surface area contributed by atoms with E-state index >= 15 is 0 Å². The Morgan fingerprint density at radius 1 is 1.08 bits per heavy atom.